The lowest BCUT2D eigenvalue weighted by molar-refractivity contribution is -0.114. The van der Waals surface area contributed by atoms with Crippen LogP contribution in [0.5, 0.6) is 11.5 Å². The van der Waals surface area contributed by atoms with Crippen molar-refractivity contribution in [1.82, 2.24) is 4.90 Å². The lowest BCUT2D eigenvalue weighted by Gasteiger charge is -2.30. The standard InChI is InChI=1S/C27H29N3O3/c1-20-14-16-30(17-15-20)27(32)21-6-5-7-23(18-21)28-19-26(31)29-22-10-12-25(13-11-22)33-24-8-3-2-4-9-24/h2-13,18,20,28H,14-17,19H2,1H3,(H,29,31). The highest BCUT2D eigenvalue weighted by molar-refractivity contribution is 5.96. The minimum absolute atomic E-state index is 0.0489. The minimum atomic E-state index is -0.173. The molecule has 0 radical (unpaired) electrons. The lowest BCUT2D eigenvalue weighted by atomic mass is 9.98. The summed E-state index contributed by atoms with van der Waals surface area (Å²) in [7, 11) is 0. The molecule has 1 heterocycles. The number of hydrogen-bond donors (Lipinski definition) is 2. The van der Waals surface area contributed by atoms with Crippen molar-refractivity contribution >= 4 is 23.2 Å². The van der Waals surface area contributed by atoms with Gasteiger partial charge >= 0.3 is 0 Å². The van der Waals surface area contributed by atoms with E-state index in [1.807, 2.05) is 71.6 Å². The Kier molecular flexibility index (Phi) is 7.25. The van der Waals surface area contributed by atoms with Crippen LogP contribution < -0.4 is 15.4 Å². The highest BCUT2D eigenvalue weighted by atomic mass is 16.5. The van der Waals surface area contributed by atoms with E-state index in [1.54, 1.807) is 12.1 Å². The Bertz CT molecular complexity index is 1080. The van der Waals surface area contributed by atoms with Gasteiger partial charge in [0.2, 0.25) is 5.91 Å². The number of carbonyl (C=O) groups is 2. The zero-order valence-electron chi connectivity index (χ0n) is 18.8. The summed E-state index contributed by atoms with van der Waals surface area (Å²) < 4.78 is 5.77. The van der Waals surface area contributed by atoms with Gasteiger partial charge in [0.25, 0.3) is 5.91 Å². The van der Waals surface area contributed by atoms with Gasteiger partial charge in [-0.15, -0.1) is 0 Å². The quantitative estimate of drug-likeness (QED) is 0.513. The number of nitrogens with one attached hydrogen (secondary N) is 2. The van der Waals surface area contributed by atoms with Gasteiger partial charge in [-0.1, -0.05) is 31.2 Å². The molecule has 3 aromatic carbocycles. The average molecular weight is 444 g/mol. The number of piperidine rings is 1. The Hall–Kier alpha value is -3.80. The molecule has 1 aliphatic rings. The molecule has 33 heavy (non-hydrogen) atoms. The predicted octanol–water partition coefficient (Wildman–Crippen LogP) is 5.40. The van der Waals surface area contributed by atoms with E-state index in [1.165, 1.54) is 0 Å². The maximum Gasteiger partial charge on any atom is 0.253 e. The molecule has 6 heteroatoms. The van der Waals surface area contributed by atoms with E-state index < -0.39 is 0 Å². The summed E-state index contributed by atoms with van der Waals surface area (Å²) in [4.78, 5) is 27.1. The van der Waals surface area contributed by atoms with Crippen LogP contribution in [0, 0.1) is 5.92 Å². The van der Waals surface area contributed by atoms with E-state index >= 15 is 0 Å². The molecule has 0 spiro atoms. The molecule has 0 saturated carbocycles. The molecular weight excluding hydrogens is 414 g/mol. The number of hydrogen-bond acceptors (Lipinski definition) is 4. The van der Waals surface area contributed by atoms with Crippen molar-refractivity contribution in [3.8, 4) is 11.5 Å². The normalized spacial score (nSPS) is 13.9. The second-order valence-corrected chi connectivity index (χ2v) is 8.40. The molecule has 3 aromatic rings. The molecule has 1 aliphatic heterocycles. The summed E-state index contributed by atoms with van der Waals surface area (Å²) in [6.45, 7) is 3.93. The molecule has 2 N–H and O–H groups in total. The van der Waals surface area contributed by atoms with Crippen LogP contribution in [0.3, 0.4) is 0 Å². The number of amides is 2. The molecule has 6 nitrogen and oxygen atoms in total. The van der Waals surface area contributed by atoms with E-state index in [4.69, 9.17) is 4.74 Å². The molecule has 0 bridgehead atoms. The number of carbonyl (C=O) groups excluding carboxylic acids is 2. The van der Waals surface area contributed by atoms with E-state index in [9.17, 15) is 9.59 Å². The van der Waals surface area contributed by atoms with Crippen LogP contribution in [0.25, 0.3) is 0 Å². The second kappa shape index (κ2) is 10.7. The van der Waals surface area contributed by atoms with Gasteiger partial charge in [-0.3, -0.25) is 9.59 Å². The van der Waals surface area contributed by atoms with Crippen LogP contribution in [0.2, 0.25) is 0 Å². The van der Waals surface area contributed by atoms with E-state index in [2.05, 4.69) is 17.6 Å². The predicted molar refractivity (Wildman–Crippen MR) is 131 cm³/mol. The van der Waals surface area contributed by atoms with Crippen LogP contribution in [0.4, 0.5) is 11.4 Å². The average Bonchev–Trinajstić information content (AvgIpc) is 2.85. The van der Waals surface area contributed by atoms with Gasteiger partial charge in [0.05, 0.1) is 6.54 Å². The third-order valence-electron chi connectivity index (χ3n) is 5.75. The highest BCUT2D eigenvalue weighted by Crippen LogP contribution is 2.23. The third kappa shape index (κ3) is 6.35. The van der Waals surface area contributed by atoms with Gasteiger partial charge in [-0.05, 0) is 73.4 Å². The fraction of sp³-hybridized carbons (Fsp3) is 0.259. The molecule has 0 unspecified atom stereocenters. The van der Waals surface area contributed by atoms with Crippen molar-refractivity contribution in [2.24, 2.45) is 5.92 Å². The fourth-order valence-electron chi connectivity index (χ4n) is 3.77. The van der Waals surface area contributed by atoms with Gasteiger partial charge in [0, 0.05) is 30.0 Å². The van der Waals surface area contributed by atoms with E-state index in [0.717, 1.165) is 37.4 Å². The first-order chi connectivity index (χ1) is 16.1. The number of nitrogens with zero attached hydrogens (tertiary/aromatic N) is 1. The third-order valence-corrected chi connectivity index (χ3v) is 5.75. The number of para-hydroxylation sites is 1. The van der Waals surface area contributed by atoms with Crippen LogP contribution in [0.1, 0.15) is 30.1 Å². The molecule has 4 rings (SSSR count). The molecule has 170 valence electrons. The minimum Gasteiger partial charge on any atom is -0.457 e. The number of rotatable bonds is 7. The Labute approximate surface area is 194 Å². The zero-order valence-corrected chi connectivity index (χ0v) is 18.8. The van der Waals surface area contributed by atoms with Crippen molar-refractivity contribution in [2.45, 2.75) is 19.8 Å². The summed E-state index contributed by atoms with van der Waals surface area (Å²) in [6.07, 6.45) is 2.09. The Morgan fingerprint density at radius 2 is 1.58 bits per heavy atom. The molecule has 1 saturated heterocycles. The van der Waals surface area contributed by atoms with Crippen LogP contribution >= 0.6 is 0 Å². The highest BCUT2D eigenvalue weighted by Gasteiger charge is 2.21. The van der Waals surface area contributed by atoms with Gasteiger partial charge in [-0.25, -0.2) is 0 Å². The Morgan fingerprint density at radius 1 is 0.879 bits per heavy atom. The maximum absolute atomic E-state index is 12.8. The summed E-state index contributed by atoms with van der Waals surface area (Å²) >= 11 is 0. The summed E-state index contributed by atoms with van der Waals surface area (Å²) in [5.41, 5.74) is 2.07. The van der Waals surface area contributed by atoms with Crippen LogP contribution in [0.15, 0.2) is 78.9 Å². The molecule has 0 atom stereocenters. The zero-order chi connectivity index (χ0) is 23.0. The van der Waals surface area contributed by atoms with Crippen molar-refractivity contribution in [3.05, 3.63) is 84.4 Å². The summed E-state index contributed by atoms with van der Waals surface area (Å²) in [5.74, 6) is 2.01. The van der Waals surface area contributed by atoms with Crippen molar-refractivity contribution in [2.75, 3.05) is 30.3 Å². The first kappa shape index (κ1) is 22.4. The van der Waals surface area contributed by atoms with Gasteiger partial charge in [0.1, 0.15) is 11.5 Å². The smallest absolute Gasteiger partial charge is 0.253 e. The van der Waals surface area contributed by atoms with Crippen molar-refractivity contribution < 1.29 is 14.3 Å². The van der Waals surface area contributed by atoms with Crippen molar-refractivity contribution in [1.29, 1.82) is 0 Å². The van der Waals surface area contributed by atoms with Gasteiger partial charge < -0.3 is 20.3 Å². The SMILES string of the molecule is CC1CCN(C(=O)c2cccc(NCC(=O)Nc3ccc(Oc4ccccc4)cc3)c2)CC1. The first-order valence-electron chi connectivity index (χ1n) is 11.3. The fourth-order valence-corrected chi connectivity index (χ4v) is 3.77. The molecule has 0 aromatic heterocycles. The Morgan fingerprint density at radius 3 is 2.30 bits per heavy atom. The molecular formula is C27H29N3O3. The summed E-state index contributed by atoms with van der Waals surface area (Å²) in [6, 6.07) is 24.1. The van der Waals surface area contributed by atoms with Gasteiger partial charge in [0.15, 0.2) is 0 Å². The van der Waals surface area contributed by atoms with Gasteiger partial charge in [-0.2, -0.15) is 0 Å². The van der Waals surface area contributed by atoms with Crippen LogP contribution in [-0.4, -0.2) is 36.3 Å². The van der Waals surface area contributed by atoms with Crippen molar-refractivity contribution in [3.63, 3.8) is 0 Å². The topological polar surface area (TPSA) is 70.7 Å². The monoisotopic (exact) mass is 443 g/mol. The lowest BCUT2D eigenvalue weighted by Crippen LogP contribution is -2.37. The van der Waals surface area contributed by atoms with E-state index in [-0.39, 0.29) is 18.4 Å². The molecule has 2 amide bonds. The van der Waals surface area contributed by atoms with E-state index in [0.29, 0.717) is 22.9 Å². The summed E-state index contributed by atoms with van der Waals surface area (Å²) in [5, 5.41) is 5.97. The Balaban J connectivity index is 1.27. The first-order valence-corrected chi connectivity index (χ1v) is 11.3. The number of anilines is 2. The number of benzene rings is 3. The number of likely N-dealkylation sites (tertiary alicyclic amines) is 1. The second-order valence-electron chi connectivity index (χ2n) is 8.40. The molecule has 0 aliphatic carbocycles. The maximum atomic E-state index is 12.8. The number of ether oxygens (including phenoxy) is 1. The largest absolute Gasteiger partial charge is 0.457 e. The molecule has 1 fully saturated rings. The van der Waals surface area contributed by atoms with Crippen LogP contribution in [-0.2, 0) is 4.79 Å².